The molecule has 6 heteroatoms. The van der Waals surface area contributed by atoms with Gasteiger partial charge in [-0.05, 0) is 13.8 Å². The highest BCUT2D eigenvalue weighted by Gasteiger charge is 2.30. The Balaban J connectivity index is 2.04. The van der Waals surface area contributed by atoms with Crippen molar-refractivity contribution < 1.29 is 4.74 Å². The molecule has 0 spiro atoms. The van der Waals surface area contributed by atoms with Crippen LogP contribution in [0.5, 0.6) is 0 Å². The number of hydrogen-bond donors (Lipinski definition) is 1. The number of nitrogens with two attached hydrogens (primary N) is 1. The molecule has 1 aliphatic rings. The van der Waals surface area contributed by atoms with Crippen LogP contribution >= 0.6 is 11.3 Å². The standard InChI is InChI=1S/C9H16N4OS/c1-9(2)6-14-4-3-13(9)5-7-11-12-8(10)15-7/h3-6H2,1-2H3,(H2,10,12). The first-order chi connectivity index (χ1) is 7.08. The third-order valence-corrected chi connectivity index (χ3v) is 3.36. The molecule has 2 rings (SSSR count). The quantitative estimate of drug-likeness (QED) is 0.808. The predicted octanol–water partition coefficient (Wildman–Crippen LogP) is 0.731. The van der Waals surface area contributed by atoms with Crippen LogP contribution in [0.25, 0.3) is 0 Å². The fourth-order valence-electron chi connectivity index (χ4n) is 1.68. The first kappa shape index (κ1) is 10.8. The molecule has 2 N–H and O–H groups in total. The van der Waals surface area contributed by atoms with Gasteiger partial charge in [0, 0.05) is 12.1 Å². The van der Waals surface area contributed by atoms with Crippen LogP contribution in [0.3, 0.4) is 0 Å². The summed E-state index contributed by atoms with van der Waals surface area (Å²) in [6.07, 6.45) is 0. The van der Waals surface area contributed by atoms with Gasteiger partial charge in [0.1, 0.15) is 5.01 Å². The number of nitrogen functional groups attached to an aromatic ring is 1. The smallest absolute Gasteiger partial charge is 0.203 e. The Hall–Kier alpha value is -0.720. The van der Waals surface area contributed by atoms with Crippen LogP contribution in [0.4, 0.5) is 5.13 Å². The molecule has 0 atom stereocenters. The summed E-state index contributed by atoms with van der Waals surface area (Å²) in [6.45, 7) is 7.66. The number of rotatable bonds is 2. The monoisotopic (exact) mass is 228 g/mol. The van der Waals surface area contributed by atoms with Gasteiger partial charge in [0.05, 0.1) is 19.8 Å². The molecular weight excluding hydrogens is 212 g/mol. The third kappa shape index (κ3) is 2.45. The maximum Gasteiger partial charge on any atom is 0.203 e. The second-order valence-electron chi connectivity index (χ2n) is 4.32. The molecule has 0 radical (unpaired) electrons. The first-order valence-corrected chi connectivity index (χ1v) is 5.80. The Kier molecular flexibility index (Phi) is 2.90. The SMILES string of the molecule is CC1(C)COCCN1Cc1nnc(N)s1. The molecular formula is C9H16N4OS. The van der Waals surface area contributed by atoms with Gasteiger partial charge in [-0.15, -0.1) is 10.2 Å². The highest BCUT2D eigenvalue weighted by molar-refractivity contribution is 7.15. The fraction of sp³-hybridized carbons (Fsp3) is 0.778. The first-order valence-electron chi connectivity index (χ1n) is 4.98. The predicted molar refractivity (Wildman–Crippen MR) is 59.6 cm³/mol. The van der Waals surface area contributed by atoms with E-state index in [-0.39, 0.29) is 5.54 Å². The van der Waals surface area contributed by atoms with Crippen LogP contribution in [0.2, 0.25) is 0 Å². The summed E-state index contributed by atoms with van der Waals surface area (Å²) in [5.41, 5.74) is 5.62. The number of nitrogens with zero attached hydrogens (tertiary/aromatic N) is 3. The van der Waals surface area contributed by atoms with Gasteiger partial charge in [-0.2, -0.15) is 0 Å². The zero-order valence-electron chi connectivity index (χ0n) is 9.06. The van der Waals surface area contributed by atoms with Crippen molar-refractivity contribution in [3.63, 3.8) is 0 Å². The van der Waals surface area contributed by atoms with Crippen molar-refractivity contribution in [1.82, 2.24) is 15.1 Å². The van der Waals surface area contributed by atoms with Crippen LogP contribution < -0.4 is 5.73 Å². The van der Waals surface area contributed by atoms with Gasteiger partial charge >= 0.3 is 0 Å². The summed E-state index contributed by atoms with van der Waals surface area (Å²) in [5, 5.41) is 9.37. The van der Waals surface area contributed by atoms with Gasteiger partial charge in [0.2, 0.25) is 5.13 Å². The Labute approximate surface area is 93.2 Å². The Bertz CT molecular complexity index is 339. The molecule has 84 valence electrons. The Morgan fingerprint density at radius 3 is 2.93 bits per heavy atom. The zero-order valence-corrected chi connectivity index (χ0v) is 9.88. The molecule has 0 aliphatic carbocycles. The van der Waals surface area contributed by atoms with E-state index in [9.17, 15) is 0 Å². The summed E-state index contributed by atoms with van der Waals surface area (Å²) >= 11 is 1.46. The van der Waals surface area contributed by atoms with E-state index in [1.807, 2.05) is 0 Å². The topological polar surface area (TPSA) is 64.3 Å². The minimum atomic E-state index is 0.0681. The largest absolute Gasteiger partial charge is 0.378 e. The van der Waals surface area contributed by atoms with Gasteiger partial charge in [0.25, 0.3) is 0 Å². The van der Waals surface area contributed by atoms with Crippen LogP contribution in [-0.4, -0.2) is 40.4 Å². The molecule has 1 fully saturated rings. The Morgan fingerprint density at radius 1 is 1.53 bits per heavy atom. The second-order valence-corrected chi connectivity index (χ2v) is 5.41. The summed E-state index contributed by atoms with van der Waals surface area (Å²) in [5.74, 6) is 0. The van der Waals surface area contributed by atoms with Crippen molar-refractivity contribution in [1.29, 1.82) is 0 Å². The summed E-state index contributed by atoms with van der Waals surface area (Å²) < 4.78 is 5.46. The molecule has 15 heavy (non-hydrogen) atoms. The molecule has 1 aliphatic heterocycles. The highest BCUT2D eigenvalue weighted by Crippen LogP contribution is 2.23. The maximum absolute atomic E-state index is 5.55. The van der Waals surface area contributed by atoms with Crippen molar-refractivity contribution in [2.24, 2.45) is 0 Å². The van der Waals surface area contributed by atoms with E-state index in [1.165, 1.54) is 11.3 Å². The van der Waals surface area contributed by atoms with Gasteiger partial charge < -0.3 is 10.5 Å². The van der Waals surface area contributed by atoms with Crippen molar-refractivity contribution in [2.45, 2.75) is 25.9 Å². The van der Waals surface area contributed by atoms with Gasteiger partial charge in [-0.1, -0.05) is 11.3 Å². The van der Waals surface area contributed by atoms with Crippen molar-refractivity contribution >= 4 is 16.5 Å². The molecule has 5 nitrogen and oxygen atoms in total. The lowest BCUT2D eigenvalue weighted by atomic mass is 10.0. The van der Waals surface area contributed by atoms with Crippen LogP contribution in [0, 0.1) is 0 Å². The number of anilines is 1. The Morgan fingerprint density at radius 2 is 2.33 bits per heavy atom. The van der Waals surface area contributed by atoms with E-state index < -0.39 is 0 Å². The summed E-state index contributed by atoms with van der Waals surface area (Å²) in [4.78, 5) is 2.36. The molecule has 1 aromatic heterocycles. The van der Waals surface area contributed by atoms with Gasteiger partial charge in [-0.25, -0.2) is 0 Å². The van der Waals surface area contributed by atoms with E-state index in [0.717, 1.165) is 31.3 Å². The lowest BCUT2D eigenvalue weighted by Gasteiger charge is -2.41. The maximum atomic E-state index is 5.55. The lowest BCUT2D eigenvalue weighted by molar-refractivity contribution is -0.0553. The minimum absolute atomic E-state index is 0.0681. The van der Waals surface area contributed by atoms with Crippen LogP contribution in [-0.2, 0) is 11.3 Å². The highest BCUT2D eigenvalue weighted by atomic mass is 32.1. The van der Waals surface area contributed by atoms with Crippen LogP contribution in [0.15, 0.2) is 0 Å². The lowest BCUT2D eigenvalue weighted by Crippen LogP contribution is -2.52. The molecule has 2 heterocycles. The van der Waals surface area contributed by atoms with E-state index in [1.54, 1.807) is 0 Å². The summed E-state index contributed by atoms with van der Waals surface area (Å²) in [7, 11) is 0. The zero-order chi connectivity index (χ0) is 10.9. The molecule has 0 unspecified atom stereocenters. The molecule has 1 saturated heterocycles. The van der Waals surface area contributed by atoms with E-state index in [0.29, 0.717) is 5.13 Å². The number of hydrogen-bond acceptors (Lipinski definition) is 6. The molecule has 0 saturated carbocycles. The number of morpholine rings is 1. The van der Waals surface area contributed by atoms with Gasteiger partial charge in [-0.3, -0.25) is 4.90 Å². The van der Waals surface area contributed by atoms with Crippen LogP contribution in [0.1, 0.15) is 18.9 Å². The fourth-order valence-corrected chi connectivity index (χ4v) is 2.30. The van der Waals surface area contributed by atoms with Crippen molar-refractivity contribution in [3.05, 3.63) is 5.01 Å². The molecule has 1 aromatic rings. The van der Waals surface area contributed by atoms with Crippen molar-refractivity contribution in [2.75, 3.05) is 25.5 Å². The average Bonchev–Trinajstić information content (AvgIpc) is 2.55. The molecule has 0 bridgehead atoms. The third-order valence-electron chi connectivity index (χ3n) is 2.63. The molecule has 0 amide bonds. The normalized spacial score (nSPS) is 21.7. The van der Waals surface area contributed by atoms with E-state index in [4.69, 9.17) is 10.5 Å². The van der Waals surface area contributed by atoms with Crippen molar-refractivity contribution in [3.8, 4) is 0 Å². The van der Waals surface area contributed by atoms with E-state index in [2.05, 4.69) is 28.9 Å². The molecule has 0 aromatic carbocycles. The van der Waals surface area contributed by atoms with E-state index >= 15 is 0 Å². The number of aromatic nitrogens is 2. The average molecular weight is 228 g/mol. The summed E-state index contributed by atoms with van der Waals surface area (Å²) in [6, 6.07) is 0. The number of ether oxygens (including phenoxy) is 1. The minimum Gasteiger partial charge on any atom is -0.378 e. The van der Waals surface area contributed by atoms with Gasteiger partial charge in [0.15, 0.2) is 0 Å². The second kappa shape index (κ2) is 4.03.